The molecule has 13 heavy (non-hydrogen) atoms. The summed E-state index contributed by atoms with van der Waals surface area (Å²) in [6, 6.07) is 0. The predicted molar refractivity (Wildman–Crippen MR) is 63.4 cm³/mol. The zero-order chi connectivity index (χ0) is 9.52. The largest absolute Gasteiger partial charge is 0.179 e. The van der Waals surface area contributed by atoms with Crippen molar-refractivity contribution in [3.63, 3.8) is 0 Å². The molecule has 0 aromatic rings. The maximum absolute atomic E-state index is 4.46. The molecule has 0 amide bonds. The second-order valence-electron chi connectivity index (χ2n) is 4.55. The van der Waals surface area contributed by atoms with Gasteiger partial charge in [0.15, 0.2) is 0 Å². The standard InChI is InChI=1S/C12H24S/c1-2-11-7-5-3-4-6-8-12(9-11)10-13/h11-13H,2-10H2,1H3/t11-,12?/m0/s1. The number of rotatable bonds is 2. The van der Waals surface area contributed by atoms with Crippen LogP contribution in [0.25, 0.3) is 0 Å². The van der Waals surface area contributed by atoms with E-state index in [4.69, 9.17) is 0 Å². The third kappa shape index (κ3) is 4.39. The third-order valence-electron chi connectivity index (χ3n) is 3.48. The van der Waals surface area contributed by atoms with Crippen molar-refractivity contribution in [2.24, 2.45) is 11.8 Å². The molecule has 0 aromatic carbocycles. The van der Waals surface area contributed by atoms with Crippen LogP contribution in [-0.4, -0.2) is 5.75 Å². The normalized spacial score (nSPS) is 31.8. The van der Waals surface area contributed by atoms with Crippen LogP contribution >= 0.6 is 12.6 Å². The van der Waals surface area contributed by atoms with Gasteiger partial charge in [-0.1, -0.05) is 45.4 Å². The average molecular weight is 200 g/mol. The van der Waals surface area contributed by atoms with Gasteiger partial charge in [-0.05, 0) is 30.4 Å². The van der Waals surface area contributed by atoms with E-state index in [-0.39, 0.29) is 0 Å². The van der Waals surface area contributed by atoms with E-state index in [1.807, 2.05) is 0 Å². The van der Waals surface area contributed by atoms with Crippen LogP contribution in [0.2, 0.25) is 0 Å². The summed E-state index contributed by atoms with van der Waals surface area (Å²) in [6.45, 7) is 2.35. The third-order valence-corrected chi connectivity index (χ3v) is 3.99. The molecule has 1 aliphatic carbocycles. The van der Waals surface area contributed by atoms with Crippen molar-refractivity contribution in [1.82, 2.24) is 0 Å². The Morgan fingerprint density at radius 1 is 1.00 bits per heavy atom. The Hall–Kier alpha value is 0.350. The zero-order valence-corrected chi connectivity index (χ0v) is 9.86. The van der Waals surface area contributed by atoms with Crippen molar-refractivity contribution < 1.29 is 0 Å². The van der Waals surface area contributed by atoms with Gasteiger partial charge in [-0.15, -0.1) is 0 Å². The highest BCUT2D eigenvalue weighted by molar-refractivity contribution is 7.80. The fraction of sp³-hybridized carbons (Fsp3) is 1.00. The zero-order valence-electron chi connectivity index (χ0n) is 8.97. The highest BCUT2D eigenvalue weighted by Crippen LogP contribution is 2.28. The van der Waals surface area contributed by atoms with Gasteiger partial charge in [0.2, 0.25) is 0 Å². The first-order chi connectivity index (χ1) is 6.36. The molecule has 0 spiro atoms. The number of hydrogen-bond donors (Lipinski definition) is 1. The van der Waals surface area contributed by atoms with Crippen molar-refractivity contribution in [3.8, 4) is 0 Å². The molecule has 0 radical (unpaired) electrons. The molecule has 0 saturated heterocycles. The maximum atomic E-state index is 4.46. The van der Waals surface area contributed by atoms with E-state index in [0.29, 0.717) is 0 Å². The van der Waals surface area contributed by atoms with E-state index in [2.05, 4.69) is 19.6 Å². The summed E-state index contributed by atoms with van der Waals surface area (Å²) >= 11 is 4.46. The molecule has 1 fully saturated rings. The van der Waals surface area contributed by atoms with Gasteiger partial charge in [0.05, 0.1) is 0 Å². The van der Waals surface area contributed by atoms with Crippen LogP contribution in [0.5, 0.6) is 0 Å². The Morgan fingerprint density at radius 3 is 2.15 bits per heavy atom. The van der Waals surface area contributed by atoms with Gasteiger partial charge in [-0.2, -0.15) is 12.6 Å². The lowest BCUT2D eigenvalue weighted by atomic mass is 9.89. The lowest BCUT2D eigenvalue weighted by molar-refractivity contribution is 0.355. The van der Waals surface area contributed by atoms with Gasteiger partial charge in [0, 0.05) is 0 Å². The fourth-order valence-electron chi connectivity index (χ4n) is 2.46. The minimum atomic E-state index is 0.909. The van der Waals surface area contributed by atoms with Crippen molar-refractivity contribution in [2.45, 2.75) is 58.3 Å². The summed E-state index contributed by atoms with van der Waals surface area (Å²) in [5, 5.41) is 0. The molecule has 1 saturated carbocycles. The van der Waals surface area contributed by atoms with Crippen LogP contribution in [-0.2, 0) is 0 Å². The second-order valence-corrected chi connectivity index (χ2v) is 4.92. The molecule has 1 heteroatoms. The van der Waals surface area contributed by atoms with Gasteiger partial charge in [-0.25, -0.2) is 0 Å². The van der Waals surface area contributed by atoms with Crippen LogP contribution < -0.4 is 0 Å². The van der Waals surface area contributed by atoms with Gasteiger partial charge in [0.1, 0.15) is 0 Å². The molecule has 1 rings (SSSR count). The molecule has 0 aliphatic heterocycles. The van der Waals surface area contributed by atoms with E-state index in [0.717, 1.165) is 17.6 Å². The fourth-order valence-corrected chi connectivity index (χ4v) is 2.79. The Kier molecular flexibility index (Phi) is 5.93. The maximum Gasteiger partial charge on any atom is -0.00694 e. The topological polar surface area (TPSA) is 0 Å². The van der Waals surface area contributed by atoms with E-state index in [1.165, 1.54) is 51.4 Å². The average Bonchev–Trinajstić information content (AvgIpc) is 2.28. The minimum Gasteiger partial charge on any atom is -0.179 e. The van der Waals surface area contributed by atoms with Crippen LogP contribution in [0, 0.1) is 11.8 Å². The van der Waals surface area contributed by atoms with Gasteiger partial charge < -0.3 is 0 Å². The van der Waals surface area contributed by atoms with Crippen molar-refractivity contribution in [2.75, 3.05) is 5.75 Å². The summed E-state index contributed by atoms with van der Waals surface area (Å²) in [6.07, 6.45) is 11.6. The first-order valence-electron chi connectivity index (χ1n) is 5.97. The monoisotopic (exact) mass is 200 g/mol. The second kappa shape index (κ2) is 6.75. The Morgan fingerprint density at radius 2 is 1.62 bits per heavy atom. The first-order valence-corrected chi connectivity index (χ1v) is 6.61. The summed E-state index contributed by atoms with van der Waals surface area (Å²) in [7, 11) is 0. The van der Waals surface area contributed by atoms with Gasteiger partial charge in [-0.3, -0.25) is 0 Å². The molecule has 1 aliphatic rings. The Labute approximate surface area is 88.9 Å². The molecule has 0 bridgehead atoms. The quantitative estimate of drug-likeness (QED) is 0.631. The Balaban J connectivity index is 2.37. The lowest BCUT2D eigenvalue weighted by Gasteiger charge is -2.19. The molecule has 78 valence electrons. The summed E-state index contributed by atoms with van der Waals surface area (Å²) in [5.74, 6) is 3.01. The highest BCUT2D eigenvalue weighted by atomic mass is 32.1. The summed E-state index contributed by atoms with van der Waals surface area (Å²) in [5.41, 5.74) is 0. The van der Waals surface area contributed by atoms with Crippen molar-refractivity contribution in [3.05, 3.63) is 0 Å². The Bertz CT molecular complexity index is 108. The van der Waals surface area contributed by atoms with Crippen LogP contribution in [0.3, 0.4) is 0 Å². The first kappa shape index (κ1) is 11.4. The summed E-state index contributed by atoms with van der Waals surface area (Å²) in [4.78, 5) is 0. The number of thiol groups is 1. The molecule has 2 atom stereocenters. The predicted octanol–water partition coefficient (Wildman–Crippen LogP) is 4.30. The van der Waals surface area contributed by atoms with E-state index >= 15 is 0 Å². The highest BCUT2D eigenvalue weighted by Gasteiger charge is 2.15. The van der Waals surface area contributed by atoms with E-state index in [9.17, 15) is 0 Å². The SMILES string of the molecule is CC[C@H]1CCCCCCC(CS)C1. The molecule has 0 aromatic heterocycles. The molecular formula is C12H24S. The van der Waals surface area contributed by atoms with Crippen LogP contribution in [0.1, 0.15) is 58.3 Å². The van der Waals surface area contributed by atoms with Crippen LogP contribution in [0.4, 0.5) is 0 Å². The van der Waals surface area contributed by atoms with Gasteiger partial charge in [0.25, 0.3) is 0 Å². The van der Waals surface area contributed by atoms with Crippen LogP contribution in [0.15, 0.2) is 0 Å². The van der Waals surface area contributed by atoms with Crippen molar-refractivity contribution >= 4 is 12.6 Å². The summed E-state index contributed by atoms with van der Waals surface area (Å²) < 4.78 is 0. The molecule has 1 unspecified atom stereocenters. The molecule has 0 N–H and O–H groups in total. The van der Waals surface area contributed by atoms with E-state index < -0.39 is 0 Å². The molecular weight excluding hydrogens is 176 g/mol. The minimum absolute atomic E-state index is 0.909. The smallest absolute Gasteiger partial charge is 0.00694 e. The molecule has 0 nitrogen and oxygen atoms in total. The van der Waals surface area contributed by atoms with Crippen molar-refractivity contribution in [1.29, 1.82) is 0 Å². The van der Waals surface area contributed by atoms with Gasteiger partial charge >= 0.3 is 0 Å². The van der Waals surface area contributed by atoms with E-state index in [1.54, 1.807) is 0 Å². The molecule has 0 heterocycles. The lowest BCUT2D eigenvalue weighted by Crippen LogP contribution is -2.09. The number of hydrogen-bond acceptors (Lipinski definition) is 1.